The Bertz CT molecular complexity index is 1170. The highest BCUT2D eigenvalue weighted by atomic mass is 32.2. The number of benzene rings is 2. The van der Waals surface area contributed by atoms with Crippen molar-refractivity contribution in [2.45, 2.75) is 24.7 Å². The van der Waals surface area contributed by atoms with Gasteiger partial charge in [0, 0.05) is 17.8 Å². The topological polar surface area (TPSA) is 93.2 Å². The lowest BCUT2D eigenvalue weighted by atomic mass is 10.1. The minimum atomic E-state index is -4.81. The Morgan fingerprint density at radius 2 is 1.79 bits per heavy atom. The molecule has 3 aromatic rings. The monoisotopic (exact) mass is 494 g/mol. The van der Waals surface area contributed by atoms with Gasteiger partial charge in [0.05, 0.1) is 5.75 Å². The third-order valence-corrected chi connectivity index (χ3v) is 5.04. The quantitative estimate of drug-likeness (QED) is 0.259. The van der Waals surface area contributed by atoms with Gasteiger partial charge >= 0.3 is 12.2 Å². The number of halogens is 4. The van der Waals surface area contributed by atoms with Gasteiger partial charge in [0.15, 0.2) is 10.9 Å². The summed E-state index contributed by atoms with van der Waals surface area (Å²) in [6.07, 6.45) is -3.98. The number of aromatic nitrogens is 2. The first-order valence-corrected chi connectivity index (χ1v) is 10.8. The molecule has 0 saturated heterocycles. The summed E-state index contributed by atoms with van der Waals surface area (Å²) in [5.41, 5.74) is 0.237. The zero-order valence-electron chi connectivity index (χ0n) is 17.6. The van der Waals surface area contributed by atoms with Crippen LogP contribution in [0.3, 0.4) is 0 Å². The maximum atomic E-state index is 13.3. The lowest BCUT2D eigenvalue weighted by Crippen LogP contribution is -2.35. The average Bonchev–Trinajstić information content (AvgIpc) is 2.77. The molecule has 178 valence electrons. The lowest BCUT2D eigenvalue weighted by molar-refractivity contribution is -0.141. The van der Waals surface area contributed by atoms with Gasteiger partial charge in [-0.3, -0.25) is 10.1 Å². The maximum absolute atomic E-state index is 13.3. The van der Waals surface area contributed by atoms with E-state index in [1.54, 1.807) is 12.1 Å². The highest BCUT2D eigenvalue weighted by Crippen LogP contribution is 2.32. The smallest absolute Gasteiger partial charge is 0.433 e. The molecule has 7 nitrogen and oxygen atoms in total. The summed E-state index contributed by atoms with van der Waals surface area (Å²) in [5, 5.41) is 4.14. The molecule has 0 aliphatic rings. The van der Waals surface area contributed by atoms with Gasteiger partial charge in [0.25, 0.3) is 0 Å². The van der Waals surface area contributed by atoms with E-state index in [9.17, 15) is 27.2 Å². The van der Waals surface area contributed by atoms with Crippen molar-refractivity contribution >= 4 is 29.4 Å². The molecular weight excluding hydrogens is 476 g/mol. The summed E-state index contributed by atoms with van der Waals surface area (Å²) in [4.78, 5) is 31.3. The molecule has 0 saturated carbocycles. The zero-order chi connectivity index (χ0) is 24.7. The van der Waals surface area contributed by atoms with Crippen LogP contribution in [0.2, 0.25) is 0 Å². The van der Waals surface area contributed by atoms with Crippen molar-refractivity contribution in [3.63, 3.8) is 0 Å². The molecule has 0 spiro atoms. The van der Waals surface area contributed by atoms with E-state index in [1.807, 2.05) is 19.1 Å². The van der Waals surface area contributed by atoms with E-state index in [1.165, 1.54) is 12.1 Å². The Kier molecular flexibility index (Phi) is 8.05. The van der Waals surface area contributed by atoms with Crippen molar-refractivity contribution in [3.05, 3.63) is 71.7 Å². The van der Waals surface area contributed by atoms with Crippen molar-refractivity contribution in [3.8, 4) is 11.6 Å². The van der Waals surface area contributed by atoms with Gasteiger partial charge in [-0.05, 0) is 36.2 Å². The molecule has 0 aliphatic heterocycles. The molecule has 0 aliphatic carbocycles. The fraction of sp³-hybridized carbons (Fsp3) is 0.182. The number of ether oxygens (including phenoxy) is 1. The van der Waals surface area contributed by atoms with Crippen LogP contribution in [0.1, 0.15) is 18.2 Å². The Hall–Kier alpha value is -3.67. The molecule has 3 amide bonds. The van der Waals surface area contributed by atoms with Gasteiger partial charge < -0.3 is 10.1 Å². The van der Waals surface area contributed by atoms with E-state index < -0.39 is 46.4 Å². The summed E-state index contributed by atoms with van der Waals surface area (Å²) in [6, 6.07) is 11.5. The molecule has 0 bridgehead atoms. The van der Waals surface area contributed by atoms with Crippen LogP contribution in [-0.2, 0) is 17.4 Å². The van der Waals surface area contributed by atoms with E-state index in [2.05, 4.69) is 20.6 Å². The molecule has 2 N–H and O–H groups in total. The van der Waals surface area contributed by atoms with Crippen molar-refractivity contribution in [2.75, 3.05) is 11.1 Å². The third-order valence-electron chi connectivity index (χ3n) is 4.20. The molecule has 12 heteroatoms. The fourth-order valence-corrected chi connectivity index (χ4v) is 3.25. The molecule has 34 heavy (non-hydrogen) atoms. The number of anilines is 1. The molecule has 0 fully saturated rings. The number of carbonyl (C=O) groups excluding carboxylic acids is 2. The number of amides is 3. The highest BCUT2D eigenvalue weighted by Gasteiger charge is 2.34. The predicted octanol–water partition coefficient (Wildman–Crippen LogP) is 5.43. The second kappa shape index (κ2) is 11.0. The van der Waals surface area contributed by atoms with Crippen LogP contribution in [0.15, 0.2) is 59.8 Å². The van der Waals surface area contributed by atoms with Gasteiger partial charge in [-0.2, -0.15) is 18.2 Å². The van der Waals surface area contributed by atoms with Gasteiger partial charge in [-0.25, -0.2) is 14.2 Å². The van der Waals surface area contributed by atoms with Crippen molar-refractivity contribution in [1.29, 1.82) is 0 Å². The first-order chi connectivity index (χ1) is 16.1. The molecule has 2 aromatic carbocycles. The first kappa shape index (κ1) is 25.0. The summed E-state index contributed by atoms with van der Waals surface area (Å²) >= 11 is 0.572. The number of aryl methyl sites for hydroxylation is 1. The summed E-state index contributed by atoms with van der Waals surface area (Å²) < 4.78 is 58.2. The van der Waals surface area contributed by atoms with Crippen LogP contribution < -0.4 is 15.4 Å². The summed E-state index contributed by atoms with van der Waals surface area (Å²) in [5.74, 6) is -2.41. The van der Waals surface area contributed by atoms with Gasteiger partial charge in [0.1, 0.15) is 11.6 Å². The van der Waals surface area contributed by atoms with Gasteiger partial charge in [0.2, 0.25) is 11.8 Å². The van der Waals surface area contributed by atoms with Crippen molar-refractivity contribution < 1.29 is 31.9 Å². The average molecular weight is 494 g/mol. The number of urea groups is 1. The van der Waals surface area contributed by atoms with E-state index in [-0.39, 0.29) is 5.75 Å². The number of thioether (sulfide) groups is 1. The molecule has 0 atom stereocenters. The Morgan fingerprint density at radius 1 is 1.06 bits per heavy atom. The normalized spacial score (nSPS) is 11.1. The van der Waals surface area contributed by atoms with E-state index in [0.29, 0.717) is 23.5 Å². The highest BCUT2D eigenvalue weighted by molar-refractivity contribution is 7.99. The molecule has 3 rings (SSSR count). The number of alkyl halides is 3. The summed E-state index contributed by atoms with van der Waals surface area (Å²) in [6.45, 7) is 1.98. The van der Waals surface area contributed by atoms with Crippen molar-refractivity contribution in [1.82, 2.24) is 15.3 Å². The van der Waals surface area contributed by atoms with Crippen LogP contribution in [0.4, 0.5) is 28.0 Å². The number of nitrogens with zero attached hydrogens (tertiary/aromatic N) is 2. The summed E-state index contributed by atoms with van der Waals surface area (Å²) in [7, 11) is 0. The minimum Gasteiger partial charge on any atom is -0.439 e. The minimum absolute atomic E-state index is 0.0656. The van der Waals surface area contributed by atoms with E-state index in [0.717, 1.165) is 24.1 Å². The Labute approximate surface area is 195 Å². The predicted molar refractivity (Wildman–Crippen MR) is 117 cm³/mol. The second-order valence-corrected chi connectivity index (χ2v) is 7.72. The number of hydrogen-bond donors (Lipinski definition) is 2. The van der Waals surface area contributed by atoms with Crippen LogP contribution in [-0.4, -0.2) is 27.7 Å². The fourth-order valence-electron chi connectivity index (χ4n) is 2.60. The SMILES string of the molecule is CCc1ccc(NC(=O)NC(=O)CSc2nc(Oc3cccc(F)c3)cc(C(F)(F)F)n2)cc1. The molecular formula is C22H18F4N4O3S. The number of carbonyl (C=O) groups is 2. The Balaban J connectivity index is 1.63. The number of nitrogens with one attached hydrogen (secondary N) is 2. The number of imide groups is 1. The standard InChI is InChI=1S/C22H18F4N4O3S/c1-2-13-6-8-15(9-7-13)27-20(32)29-18(31)12-34-21-28-17(22(24,25)26)11-19(30-21)33-16-5-3-4-14(23)10-16/h3-11H,2,12H2,1H3,(H2,27,29,31,32). The van der Waals surface area contributed by atoms with E-state index in [4.69, 9.17) is 4.74 Å². The third kappa shape index (κ3) is 7.44. The zero-order valence-corrected chi connectivity index (χ0v) is 18.5. The molecule has 0 unspecified atom stereocenters. The Morgan fingerprint density at radius 3 is 2.44 bits per heavy atom. The van der Waals surface area contributed by atoms with E-state index >= 15 is 0 Å². The van der Waals surface area contributed by atoms with Gasteiger partial charge in [-0.15, -0.1) is 0 Å². The first-order valence-electron chi connectivity index (χ1n) is 9.84. The second-order valence-electron chi connectivity index (χ2n) is 6.77. The van der Waals surface area contributed by atoms with Crippen LogP contribution in [0.25, 0.3) is 0 Å². The molecule has 1 aromatic heterocycles. The van der Waals surface area contributed by atoms with Crippen molar-refractivity contribution in [2.24, 2.45) is 0 Å². The maximum Gasteiger partial charge on any atom is 0.433 e. The molecule has 1 heterocycles. The largest absolute Gasteiger partial charge is 0.439 e. The van der Waals surface area contributed by atoms with Crippen LogP contribution >= 0.6 is 11.8 Å². The van der Waals surface area contributed by atoms with Crippen LogP contribution in [0, 0.1) is 5.82 Å². The number of rotatable bonds is 7. The molecule has 0 radical (unpaired) electrons. The number of hydrogen-bond acceptors (Lipinski definition) is 6. The van der Waals surface area contributed by atoms with Crippen LogP contribution in [0.5, 0.6) is 11.6 Å². The lowest BCUT2D eigenvalue weighted by Gasteiger charge is -2.11. The van der Waals surface area contributed by atoms with Gasteiger partial charge in [-0.1, -0.05) is 36.9 Å².